The number of carboxylic acids is 2. The zero-order chi connectivity index (χ0) is 22.0. The lowest BCUT2D eigenvalue weighted by Crippen LogP contribution is -2.39. The molecule has 0 saturated carbocycles. The van der Waals surface area contributed by atoms with Gasteiger partial charge in [-0.1, -0.05) is 25.1 Å². The zero-order valence-corrected chi connectivity index (χ0v) is 17.1. The Morgan fingerprint density at radius 1 is 1.14 bits per heavy atom. The molecule has 1 aliphatic rings. The first-order chi connectivity index (χ1) is 13.5. The van der Waals surface area contributed by atoms with Gasteiger partial charge >= 0.3 is 11.9 Å². The van der Waals surface area contributed by atoms with Crippen molar-refractivity contribution in [3.05, 3.63) is 41.0 Å². The van der Waals surface area contributed by atoms with E-state index < -0.39 is 29.6 Å². The molecule has 0 bridgehead atoms. The fourth-order valence-corrected chi connectivity index (χ4v) is 3.28. The lowest BCUT2D eigenvalue weighted by atomic mass is 9.72. The number of hydrogen-bond donors (Lipinski definition) is 3. The molecule has 1 unspecified atom stereocenters. The van der Waals surface area contributed by atoms with Gasteiger partial charge in [-0.05, 0) is 31.9 Å². The summed E-state index contributed by atoms with van der Waals surface area (Å²) in [7, 11) is 2.88. The van der Waals surface area contributed by atoms with Crippen molar-refractivity contribution in [1.29, 1.82) is 0 Å². The second-order valence-corrected chi connectivity index (χ2v) is 7.50. The molecule has 1 atom stereocenters. The van der Waals surface area contributed by atoms with Crippen molar-refractivity contribution in [2.75, 3.05) is 20.8 Å². The van der Waals surface area contributed by atoms with Crippen LogP contribution in [0.1, 0.15) is 32.8 Å². The molecule has 0 radical (unpaired) electrons. The zero-order valence-electron chi connectivity index (χ0n) is 17.1. The highest BCUT2D eigenvalue weighted by Crippen LogP contribution is 2.49. The number of carbonyl (C=O) groups is 2. The molecule has 1 aromatic carbocycles. The maximum absolute atomic E-state index is 11.6. The van der Waals surface area contributed by atoms with Crippen molar-refractivity contribution in [2.45, 2.75) is 38.2 Å². The van der Waals surface area contributed by atoms with Crippen LogP contribution in [-0.4, -0.2) is 53.7 Å². The molecule has 0 fully saturated rings. The first-order valence-electron chi connectivity index (χ1n) is 8.94. The number of aliphatic hydroxyl groups is 1. The van der Waals surface area contributed by atoms with Crippen LogP contribution >= 0.6 is 0 Å². The predicted octanol–water partition coefficient (Wildman–Crippen LogP) is 2.54. The molecule has 0 aromatic heterocycles. The molecule has 0 heterocycles. The lowest BCUT2D eigenvalue weighted by molar-refractivity contribution is -0.152. The molecule has 2 rings (SSSR count). The quantitative estimate of drug-likeness (QED) is 0.602. The number of aliphatic hydroxyl groups excluding tert-OH is 1. The predicted molar refractivity (Wildman–Crippen MR) is 105 cm³/mol. The topological polar surface area (TPSA) is 123 Å². The van der Waals surface area contributed by atoms with Gasteiger partial charge in [-0.15, -0.1) is 0 Å². The molecule has 8 heteroatoms. The monoisotopic (exact) mass is 406 g/mol. The number of methoxy groups -OCH3 is 2. The third-order valence-electron chi connectivity index (χ3n) is 4.99. The van der Waals surface area contributed by atoms with Gasteiger partial charge < -0.3 is 29.5 Å². The number of hydrogen-bond acceptors (Lipinski definition) is 6. The SMILES string of the molecule is COc1ccc(C2(C)C=CC(C(=O)O)=C(CO)C2)c(OC(C)(C)C(=O)O)c1OC. The Balaban J connectivity index is 2.68. The summed E-state index contributed by atoms with van der Waals surface area (Å²) in [6.45, 7) is 4.27. The maximum atomic E-state index is 11.6. The van der Waals surface area contributed by atoms with E-state index in [-0.39, 0.29) is 23.5 Å². The molecule has 158 valence electrons. The number of carboxylic acid groups (broad SMARTS) is 2. The molecule has 0 aliphatic heterocycles. The number of ether oxygens (including phenoxy) is 3. The van der Waals surface area contributed by atoms with Gasteiger partial charge in [-0.25, -0.2) is 9.59 Å². The molecule has 29 heavy (non-hydrogen) atoms. The standard InChI is InChI=1S/C21H26O8/c1-20(2,19(25)26)29-16-14(6-7-15(27-4)17(16)28-5)21(3)9-8-13(18(23)24)12(10-21)11-22/h6-9,22H,10-11H2,1-5H3,(H,23,24)(H,25,26). The van der Waals surface area contributed by atoms with Crippen LogP contribution in [0.5, 0.6) is 17.2 Å². The van der Waals surface area contributed by atoms with Crippen LogP contribution in [0.4, 0.5) is 0 Å². The highest BCUT2D eigenvalue weighted by atomic mass is 16.6. The average Bonchev–Trinajstić information content (AvgIpc) is 2.66. The summed E-state index contributed by atoms with van der Waals surface area (Å²) < 4.78 is 16.7. The minimum absolute atomic E-state index is 0.0405. The van der Waals surface area contributed by atoms with Gasteiger partial charge in [0.15, 0.2) is 17.1 Å². The number of allylic oxidation sites excluding steroid dienone is 1. The maximum Gasteiger partial charge on any atom is 0.347 e. The van der Waals surface area contributed by atoms with Gasteiger partial charge in [0.1, 0.15) is 0 Å². The number of rotatable bonds is 8. The molecular weight excluding hydrogens is 380 g/mol. The van der Waals surface area contributed by atoms with E-state index in [1.807, 2.05) is 6.92 Å². The molecule has 8 nitrogen and oxygen atoms in total. The van der Waals surface area contributed by atoms with Crippen LogP contribution in [0.3, 0.4) is 0 Å². The Bertz CT molecular complexity index is 881. The highest BCUT2D eigenvalue weighted by molar-refractivity contribution is 5.91. The largest absolute Gasteiger partial charge is 0.493 e. The van der Waals surface area contributed by atoms with Crippen molar-refractivity contribution in [3.63, 3.8) is 0 Å². The average molecular weight is 406 g/mol. The first-order valence-corrected chi connectivity index (χ1v) is 8.94. The number of aliphatic carboxylic acids is 2. The van der Waals surface area contributed by atoms with Crippen LogP contribution in [0.15, 0.2) is 35.4 Å². The second kappa shape index (κ2) is 8.16. The molecule has 1 aliphatic carbocycles. The van der Waals surface area contributed by atoms with Gasteiger partial charge in [0, 0.05) is 11.0 Å². The van der Waals surface area contributed by atoms with E-state index in [1.165, 1.54) is 34.1 Å². The van der Waals surface area contributed by atoms with E-state index >= 15 is 0 Å². The second-order valence-electron chi connectivity index (χ2n) is 7.50. The summed E-state index contributed by atoms with van der Waals surface area (Å²) >= 11 is 0. The Morgan fingerprint density at radius 2 is 1.79 bits per heavy atom. The molecule has 3 N–H and O–H groups in total. The van der Waals surface area contributed by atoms with Crippen LogP contribution in [-0.2, 0) is 15.0 Å². The fraction of sp³-hybridized carbons (Fsp3) is 0.429. The minimum Gasteiger partial charge on any atom is -0.493 e. The Morgan fingerprint density at radius 3 is 2.28 bits per heavy atom. The van der Waals surface area contributed by atoms with Gasteiger partial charge in [-0.2, -0.15) is 0 Å². The van der Waals surface area contributed by atoms with Crippen molar-refractivity contribution >= 4 is 11.9 Å². The Hall–Kier alpha value is -3.00. The first kappa shape index (κ1) is 22.3. The Labute approximate surface area is 169 Å². The molecule has 0 amide bonds. The van der Waals surface area contributed by atoms with Crippen molar-refractivity contribution in [3.8, 4) is 17.2 Å². The Kier molecular flexibility index (Phi) is 6.27. The van der Waals surface area contributed by atoms with Gasteiger partial charge in [0.25, 0.3) is 0 Å². The van der Waals surface area contributed by atoms with Gasteiger partial charge in [0.05, 0.1) is 26.4 Å². The van der Waals surface area contributed by atoms with E-state index in [1.54, 1.807) is 18.2 Å². The lowest BCUT2D eigenvalue weighted by Gasteiger charge is -2.35. The van der Waals surface area contributed by atoms with Crippen LogP contribution in [0.2, 0.25) is 0 Å². The summed E-state index contributed by atoms with van der Waals surface area (Å²) in [6, 6.07) is 3.39. The van der Waals surface area contributed by atoms with E-state index in [2.05, 4.69) is 0 Å². The summed E-state index contributed by atoms with van der Waals surface area (Å²) in [5.41, 5.74) is -1.36. The molecule has 1 aromatic rings. The van der Waals surface area contributed by atoms with Crippen LogP contribution in [0, 0.1) is 0 Å². The third kappa shape index (κ3) is 4.22. The normalized spacial score (nSPS) is 19.1. The summed E-state index contributed by atoms with van der Waals surface area (Å²) in [5.74, 6) is -1.51. The van der Waals surface area contributed by atoms with Crippen molar-refractivity contribution < 1.29 is 39.1 Å². The fourth-order valence-electron chi connectivity index (χ4n) is 3.28. The van der Waals surface area contributed by atoms with E-state index in [0.717, 1.165) is 0 Å². The van der Waals surface area contributed by atoms with E-state index in [0.29, 0.717) is 16.9 Å². The van der Waals surface area contributed by atoms with Crippen LogP contribution in [0.25, 0.3) is 0 Å². The van der Waals surface area contributed by atoms with E-state index in [9.17, 15) is 24.9 Å². The van der Waals surface area contributed by atoms with Gasteiger partial charge in [-0.3, -0.25) is 0 Å². The molecule has 0 saturated heterocycles. The number of benzene rings is 1. The van der Waals surface area contributed by atoms with E-state index in [4.69, 9.17) is 14.2 Å². The summed E-state index contributed by atoms with van der Waals surface area (Å²) in [6.07, 6.45) is 3.36. The third-order valence-corrected chi connectivity index (χ3v) is 4.99. The van der Waals surface area contributed by atoms with Crippen LogP contribution < -0.4 is 14.2 Å². The summed E-state index contributed by atoms with van der Waals surface area (Å²) in [5, 5.41) is 28.6. The molecule has 0 spiro atoms. The van der Waals surface area contributed by atoms with Gasteiger partial charge in [0.2, 0.25) is 5.75 Å². The van der Waals surface area contributed by atoms with Crippen molar-refractivity contribution in [1.82, 2.24) is 0 Å². The van der Waals surface area contributed by atoms with Crippen molar-refractivity contribution in [2.24, 2.45) is 0 Å². The highest BCUT2D eigenvalue weighted by Gasteiger charge is 2.38. The minimum atomic E-state index is -1.56. The molecular formula is C21H26O8. The smallest absolute Gasteiger partial charge is 0.347 e. The summed E-state index contributed by atoms with van der Waals surface area (Å²) in [4.78, 5) is 23.1.